The lowest BCUT2D eigenvalue weighted by molar-refractivity contribution is -0.136. The first-order chi connectivity index (χ1) is 17.2. The summed E-state index contributed by atoms with van der Waals surface area (Å²) in [5, 5.41) is 11.4. The Balaban J connectivity index is 1.63. The van der Waals surface area contributed by atoms with Gasteiger partial charge >= 0.3 is 5.97 Å². The molecule has 2 N–H and O–H groups in total. The van der Waals surface area contributed by atoms with Crippen LogP contribution in [0, 0.1) is 19.3 Å². The van der Waals surface area contributed by atoms with Crippen LogP contribution in [0.15, 0.2) is 48.5 Å². The average Bonchev–Trinajstić information content (AvgIpc) is 3.25. The standard InChI is InChI=1S/C31H39NO4S/c1-20-16-24(17-21(2)28(20)22-8-10-23(11-9-22)30(3,4)5)36-19-31(6,7)18-25-12-13-26(37-25)29(35)32-15-14-27(33)34/h8-13,16-17H,14-15,18-19H2,1-7H3,(H,32,35)(H,33,34). The summed E-state index contributed by atoms with van der Waals surface area (Å²) < 4.78 is 6.26. The third kappa shape index (κ3) is 7.93. The Morgan fingerprint density at radius 3 is 2.14 bits per heavy atom. The van der Waals surface area contributed by atoms with E-state index in [1.165, 1.54) is 39.2 Å². The first kappa shape index (κ1) is 28.5. The van der Waals surface area contributed by atoms with Crippen molar-refractivity contribution in [3.05, 3.63) is 75.0 Å². The molecule has 3 aromatic rings. The number of hydrogen-bond donors (Lipinski definition) is 2. The summed E-state index contributed by atoms with van der Waals surface area (Å²) in [7, 11) is 0. The molecule has 0 radical (unpaired) electrons. The number of hydrogen-bond acceptors (Lipinski definition) is 4. The number of aryl methyl sites for hydroxylation is 2. The molecule has 0 unspecified atom stereocenters. The number of thiophene rings is 1. The summed E-state index contributed by atoms with van der Waals surface area (Å²) in [5.74, 6) is -0.294. The molecule has 0 aliphatic carbocycles. The molecule has 6 heteroatoms. The molecule has 1 heterocycles. The van der Waals surface area contributed by atoms with Crippen molar-refractivity contribution >= 4 is 23.2 Å². The Labute approximate surface area is 224 Å². The molecule has 0 bridgehead atoms. The highest BCUT2D eigenvalue weighted by Gasteiger charge is 2.22. The third-order valence-corrected chi connectivity index (χ3v) is 7.42. The van der Waals surface area contributed by atoms with Gasteiger partial charge in [-0.2, -0.15) is 0 Å². The Kier molecular flexibility index (Phi) is 8.85. The molecule has 0 aliphatic heterocycles. The van der Waals surface area contributed by atoms with Crippen LogP contribution in [0.2, 0.25) is 0 Å². The van der Waals surface area contributed by atoms with Gasteiger partial charge in [-0.15, -0.1) is 11.3 Å². The first-order valence-electron chi connectivity index (χ1n) is 12.7. The maximum atomic E-state index is 12.3. The van der Waals surface area contributed by atoms with Gasteiger partial charge in [-0.3, -0.25) is 9.59 Å². The van der Waals surface area contributed by atoms with Gasteiger partial charge in [0, 0.05) is 16.8 Å². The van der Waals surface area contributed by atoms with Crippen molar-refractivity contribution in [2.24, 2.45) is 5.41 Å². The molecular weight excluding hydrogens is 482 g/mol. The highest BCUT2D eigenvalue weighted by Crippen LogP contribution is 2.34. The summed E-state index contributed by atoms with van der Waals surface area (Å²) >= 11 is 1.44. The van der Waals surface area contributed by atoms with Gasteiger partial charge in [-0.05, 0) is 77.8 Å². The second kappa shape index (κ2) is 11.5. The van der Waals surface area contributed by atoms with Crippen molar-refractivity contribution in [3.63, 3.8) is 0 Å². The lowest BCUT2D eigenvalue weighted by Crippen LogP contribution is -2.25. The SMILES string of the molecule is Cc1cc(OCC(C)(C)Cc2ccc(C(=O)NCCC(=O)O)s2)cc(C)c1-c1ccc(C(C)(C)C)cc1. The van der Waals surface area contributed by atoms with Crippen LogP contribution in [0.4, 0.5) is 0 Å². The Morgan fingerprint density at radius 1 is 0.946 bits per heavy atom. The van der Waals surface area contributed by atoms with E-state index in [-0.39, 0.29) is 29.7 Å². The van der Waals surface area contributed by atoms with E-state index < -0.39 is 5.97 Å². The maximum Gasteiger partial charge on any atom is 0.305 e. The Morgan fingerprint density at radius 2 is 1.57 bits per heavy atom. The minimum atomic E-state index is -0.927. The summed E-state index contributed by atoms with van der Waals surface area (Å²) in [6.45, 7) is 15.9. The van der Waals surface area contributed by atoms with Gasteiger partial charge in [-0.1, -0.05) is 58.9 Å². The van der Waals surface area contributed by atoms with Crippen molar-refractivity contribution in [2.45, 2.75) is 66.7 Å². The van der Waals surface area contributed by atoms with Crippen molar-refractivity contribution in [1.82, 2.24) is 5.32 Å². The second-order valence-corrected chi connectivity index (χ2v) is 12.7. The molecule has 1 amide bonds. The van der Waals surface area contributed by atoms with E-state index in [1.54, 1.807) is 6.07 Å². The fourth-order valence-electron chi connectivity index (χ4n) is 4.37. The number of ether oxygens (including phenoxy) is 1. The van der Waals surface area contributed by atoms with Gasteiger partial charge in [0.05, 0.1) is 17.9 Å². The maximum absolute atomic E-state index is 12.3. The summed E-state index contributed by atoms with van der Waals surface area (Å²) in [6.07, 6.45) is 0.688. The topological polar surface area (TPSA) is 75.6 Å². The Bertz CT molecular complexity index is 1230. The Hall–Kier alpha value is -3.12. The van der Waals surface area contributed by atoms with Crippen LogP contribution in [0.5, 0.6) is 5.75 Å². The lowest BCUT2D eigenvalue weighted by Gasteiger charge is -2.25. The molecular formula is C31H39NO4S. The number of carboxylic acid groups (broad SMARTS) is 1. The van der Waals surface area contributed by atoms with Gasteiger partial charge in [0.2, 0.25) is 0 Å². The number of carbonyl (C=O) groups excluding carboxylic acids is 1. The van der Waals surface area contributed by atoms with Crippen molar-refractivity contribution in [2.75, 3.05) is 13.2 Å². The number of aliphatic carboxylic acids is 1. The molecule has 3 rings (SSSR count). The van der Waals surface area contributed by atoms with E-state index >= 15 is 0 Å². The predicted molar refractivity (Wildman–Crippen MR) is 152 cm³/mol. The van der Waals surface area contributed by atoms with Crippen LogP contribution in [0.3, 0.4) is 0 Å². The molecule has 0 aliphatic rings. The minimum absolute atomic E-state index is 0.0856. The molecule has 2 aromatic carbocycles. The zero-order chi connectivity index (χ0) is 27.4. The van der Waals surface area contributed by atoms with Crippen LogP contribution in [-0.2, 0) is 16.6 Å². The predicted octanol–water partition coefficient (Wildman–Crippen LogP) is 7.18. The molecule has 5 nitrogen and oxygen atoms in total. The molecule has 37 heavy (non-hydrogen) atoms. The van der Waals surface area contributed by atoms with Crippen molar-refractivity contribution < 1.29 is 19.4 Å². The lowest BCUT2D eigenvalue weighted by atomic mass is 9.85. The van der Waals surface area contributed by atoms with Gasteiger partial charge < -0.3 is 15.2 Å². The van der Waals surface area contributed by atoms with Gasteiger partial charge in [0.15, 0.2) is 0 Å². The molecule has 1 aromatic heterocycles. The van der Waals surface area contributed by atoms with Crippen LogP contribution in [0.1, 0.15) is 72.3 Å². The third-order valence-electron chi connectivity index (χ3n) is 6.34. The van der Waals surface area contributed by atoms with Crippen LogP contribution in [0.25, 0.3) is 11.1 Å². The molecule has 0 atom stereocenters. The normalized spacial score (nSPS) is 11.9. The van der Waals surface area contributed by atoms with E-state index in [0.29, 0.717) is 11.5 Å². The molecule has 0 spiro atoms. The molecule has 198 valence electrons. The van der Waals surface area contributed by atoms with Gasteiger partial charge in [0.1, 0.15) is 5.75 Å². The minimum Gasteiger partial charge on any atom is -0.493 e. The number of carbonyl (C=O) groups is 2. The van der Waals surface area contributed by atoms with Crippen LogP contribution in [-0.4, -0.2) is 30.1 Å². The van der Waals surface area contributed by atoms with E-state index in [0.717, 1.165) is 17.0 Å². The monoisotopic (exact) mass is 521 g/mol. The summed E-state index contributed by atoms with van der Waals surface area (Å²) in [5.41, 5.74) is 6.17. The fraction of sp³-hybridized carbons (Fsp3) is 0.419. The average molecular weight is 522 g/mol. The number of benzene rings is 2. The highest BCUT2D eigenvalue weighted by molar-refractivity contribution is 7.14. The van der Waals surface area contributed by atoms with E-state index in [2.05, 4.69) is 90.2 Å². The molecule has 0 saturated heterocycles. The van der Waals surface area contributed by atoms with E-state index in [1.807, 2.05) is 6.07 Å². The van der Waals surface area contributed by atoms with Crippen molar-refractivity contribution in [3.8, 4) is 16.9 Å². The van der Waals surface area contributed by atoms with Crippen LogP contribution >= 0.6 is 11.3 Å². The summed E-state index contributed by atoms with van der Waals surface area (Å²) in [4.78, 5) is 24.6. The first-order valence-corrected chi connectivity index (χ1v) is 13.5. The smallest absolute Gasteiger partial charge is 0.305 e. The van der Waals surface area contributed by atoms with Gasteiger partial charge in [-0.25, -0.2) is 0 Å². The second-order valence-electron chi connectivity index (χ2n) is 11.6. The number of rotatable bonds is 10. The quantitative estimate of drug-likeness (QED) is 0.296. The molecule has 0 fully saturated rings. The highest BCUT2D eigenvalue weighted by atomic mass is 32.1. The van der Waals surface area contributed by atoms with Crippen LogP contribution < -0.4 is 10.1 Å². The largest absolute Gasteiger partial charge is 0.493 e. The number of carboxylic acids is 1. The fourth-order valence-corrected chi connectivity index (χ4v) is 5.55. The number of amides is 1. The number of nitrogens with one attached hydrogen (secondary N) is 1. The van der Waals surface area contributed by atoms with Crippen molar-refractivity contribution in [1.29, 1.82) is 0 Å². The van der Waals surface area contributed by atoms with Gasteiger partial charge in [0.25, 0.3) is 5.91 Å². The molecule has 0 saturated carbocycles. The van der Waals surface area contributed by atoms with E-state index in [9.17, 15) is 9.59 Å². The summed E-state index contributed by atoms with van der Waals surface area (Å²) in [6, 6.07) is 16.8. The van der Waals surface area contributed by atoms with E-state index in [4.69, 9.17) is 9.84 Å². The zero-order valence-corrected chi connectivity index (χ0v) is 23.8. The zero-order valence-electron chi connectivity index (χ0n) is 23.0.